The van der Waals surface area contributed by atoms with Crippen molar-refractivity contribution in [2.45, 2.75) is 39.0 Å². The molecule has 0 radical (unpaired) electrons. The summed E-state index contributed by atoms with van der Waals surface area (Å²) in [5.74, 6) is 0. The van der Waals surface area contributed by atoms with Gasteiger partial charge in [-0.3, -0.25) is 0 Å². The van der Waals surface area contributed by atoms with Crippen molar-refractivity contribution in [1.29, 1.82) is 0 Å². The smallest absolute Gasteiger partial charge is 0.317 e. The van der Waals surface area contributed by atoms with Crippen LogP contribution < -0.4 is 5.32 Å². The van der Waals surface area contributed by atoms with E-state index in [-0.39, 0.29) is 6.03 Å². The van der Waals surface area contributed by atoms with Crippen LogP contribution in [0.3, 0.4) is 0 Å². The molecule has 14 heavy (non-hydrogen) atoms. The Hall–Kier alpha value is -0.730. The van der Waals surface area contributed by atoms with Gasteiger partial charge in [0.05, 0.1) is 0 Å². The highest BCUT2D eigenvalue weighted by molar-refractivity contribution is 5.76. The second kappa shape index (κ2) is 3.79. The van der Waals surface area contributed by atoms with Crippen molar-refractivity contribution in [3.63, 3.8) is 0 Å². The van der Waals surface area contributed by atoms with Gasteiger partial charge in [-0.05, 0) is 18.3 Å². The highest BCUT2D eigenvalue weighted by Crippen LogP contribution is 2.36. The molecular weight excluding hydrogens is 176 g/mol. The highest BCUT2D eigenvalue weighted by atomic mass is 16.2. The van der Waals surface area contributed by atoms with Gasteiger partial charge in [0.2, 0.25) is 0 Å². The van der Waals surface area contributed by atoms with E-state index in [0.717, 1.165) is 19.6 Å². The summed E-state index contributed by atoms with van der Waals surface area (Å²) in [4.78, 5) is 13.4. The van der Waals surface area contributed by atoms with Crippen LogP contribution in [-0.2, 0) is 0 Å². The monoisotopic (exact) mass is 196 g/mol. The lowest BCUT2D eigenvalue weighted by Gasteiger charge is -2.36. The normalized spacial score (nSPS) is 26.4. The van der Waals surface area contributed by atoms with Crippen molar-refractivity contribution in [2.24, 2.45) is 5.41 Å². The van der Waals surface area contributed by atoms with Crippen molar-refractivity contribution in [2.75, 3.05) is 19.6 Å². The van der Waals surface area contributed by atoms with Gasteiger partial charge in [0, 0.05) is 19.6 Å². The van der Waals surface area contributed by atoms with Crippen LogP contribution >= 0.6 is 0 Å². The van der Waals surface area contributed by atoms with Gasteiger partial charge >= 0.3 is 6.03 Å². The second-order valence-electron chi connectivity index (χ2n) is 5.02. The number of hydrogen-bond acceptors (Lipinski definition) is 1. The van der Waals surface area contributed by atoms with E-state index in [1.54, 1.807) is 0 Å². The largest absolute Gasteiger partial charge is 0.336 e. The molecule has 1 heterocycles. The Balaban J connectivity index is 1.91. The average Bonchev–Trinajstić information content (AvgIpc) is 2.52. The number of carbonyl (C=O) groups is 1. The van der Waals surface area contributed by atoms with E-state index in [0.29, 0.717) is 5.41 Å². The molecular formula is C11H20N2O. The predicted octanol–water partition coefficient (Wildman–Crippen LogP) is 1.98. The SMILES string of the molecule is CC1(CN2CCNC2=O)CCCCC1. The molecule has 2 amide bonds. The topological polar surface area (TPSA) is 32.3 Å². The number of urea groups is 1. The number of nitrogens with zero attached hydrogens (tertiary/aromatic N) is 1. The predicted molar refractivity (Wildman–Crippen MR) is 56.2 cm³/mol. The van der Waals surface area contributed by atoms with Gasteiger partial charge in [-0.15, -0.1) is 0 Å². The van der Waals surface area contributed by atoms with Crippen molar-refractivity contribution >= 4 is 6.03 Å². The summed E-state index contributed by atoms with van der Waals surface area (Å²) in [5, 5.41) is 2.86. The first-order chi connectivity index (χ1) is 6.70. The van der Waals surface area contributed by atoms with Gasteiger partial charge in [0.25, 0.3) is 0 Å². The molecule has 0 unspecified atom stereocenters. The van der Waals surface area contributed by atoms with Crippen molar-refractivity contribution in [3.8, 4) is 0 Å². The minimum absolute atomic E-state index is 0.136. The van der Waals surface area contributed by atoms with E-state index >= 15 is 0 Å². The maximum Gasteiger partial charge on any atom is 0.317 e. The maximum absolute atomic E-state index is 11.4. The van der Waals surface area contributed by atoms with Crippen LogP contribution in [0.25, 0.3) is 0 Å². The molecule has 1 saturated heterocycles. The number of nitrogens with one attached hydrogen (secondary N) is 1. The van der Waals surface area contributed by atoms with Gasteiger partial charge in [0.15, 0.2) is 0 Å². The van der Waals surface area contributed by atoms with Crippen LogP contribution in [0.15, 0.2) is 0 Å². The molecule has 0 aromatic heterocycles. The number of rotatable bonds is 2. The van der Waals surface area contributed by atoms with Gasteiger partial charge in [-0.1, -0.05) is 26.2 Å². The summed E-state index contributed by atoms with van der Waals surface area (Å²) in [6, 6.07) is 0.136. The third kappa shape index (κ3) is 2.02. The number of amides is 2. The van der Waals surface area contributed by atoms with E-state index in [2.05, 4.69) is 12.2 Å². The van der Waals surface area contributed by atoms with Crippen LogP contribution in [-0.4, -0.2) is 30.6 Å². The van der Waals surface area contributed by atoms with E-state index in [1.165, 1.54) is 32.1 Å². The van der Waals surface area contributed by atoms with Gasteiger partial charge in [-0.2, -0.15) is 0 Å². The molecule has 0 aromatic carbocycles. The van der Waals surface area contributed by atoms with Crippen LogP contribution in [0.2, 0.25) is 0 Å². The molecule has 1 aliphatic heterocycles. The average molecular weight is 196 g/mol. The van der Waals surface area contributed by atoms with Crippen LogP contribution in [0, 0.1) is 5.41 Å². The molecule has 2 fully saturated rings. The third-order valence-electron chi connectivity index (χ3n) is 3.58. The van der Waals surface area contributed by atoms with Crippen molar-refractivity contribution < 1.29 is 4.79 Å². The molecule has 0 atom stereocenters. The fraction of sp³-hybridized carbons (Fsp3) is 0.909. The molecule has 2 aliphatic rings. The Morgan fingerprint density at radius 1 is 1.36 bits per heavy atom. The first kappa shape index (κ1) is 9.81. The molecule has 1 N–H and O–H groups in total. The molecule has 1 aliphatic carbocycles. The van der Waals surface area contributed by atoms with Gasteiger partial charge in [-0.25, -0.2) is 4.79 Å². The summed E-state index contributed by atoms with van der Waals surface area (Å²) in [6.45, 7) is 5.01. The van der Waals surface area contributed by atoms with Gasteiger partial charge in [0.1, 0.15) is 0 Å². The third-order valence-corrected chi connectivity index (χ3v) is 3.58. The van der Waals surface area contributed by atoms with E-state index < -0.39 is 0 Å². The zero-order chi connectivity index (χ0) is 10.0. The fourth-order valence-electron chi connectivity index (χ4n) is 2.69. The summed E-state index contributed by atoms with van der Waals surface area (Å²) in [5.41, 5.74) is 0.389. The number of hydrogen-bond donors (Lipinski definition) is 1. The Kier molecular flexibility index (Phi) is 2.66. The minimum atomic E-state index is 0.136. The first-order valence-corrected chi connectivity index (χ1v) is 5.72. The lowest BCUT2D eigenvalue weighted by molar-refractivity contribution is 0.145. The molecule has 3 heteroatoms. The Labute approximate surface area is 85.8 Å². The number of carbonyl (C=O) groups excluding carboxylic acids is 1. The summed E-state index contributed by atoms with van der Waals surface area (Å²) < 4.78 is 0. The summed E-state index contributed by atoms with van der Waals surface area (Å²) in [6.07, 6.45) is 6.63. The van der Waals surface area contributed by atoms with Crippen LogP contribution in [0.1, 0.15) is 39.0 Å². The van der Waals surface area contributed by atoms with E-state index in [4.69, 9.17) is 0 Å². The Bertz CT molecular complexity index is 221. The Morgan fingerprint density at radius 3 is 2.64 bits per heavy atom. The summed E-state index contributed by atoms with van der Waals surface area (Å²) in [7, 11) is 0. The molecule has 0 bridgehead atoms. The summed E-state index contributed by atoms with van der Waals surface area (Å²) >= 11 is 0. The van der Waals surface area contributed by atoms with E-state index in [9.17, 15) is 4.79 Å². The maximum atomic E-state index is 11.4. The molecule has 1 saturated carbocycles. The Morgan fingerprint density at radius 2 is 2.07 bits per heavy atom. The second-order valence-corrected chi connectivity index (χ2v) is 5.02. The van der Waals surface area contributed by atoms with Crippen molar-refractivity contribution in [3.05, 3.63) is 0 Å². The molecule has 0 aromatic rings. The standard InChI is InChI=1S/C11H20N2O/c1-11(5-3-2-4-6-11)9-13-8-7-12-10(13)14/h2-9H2,1H3,(H,12,14). The van der Waals surface area contributed by atoms with Crippen molar-refractivity contribution in [1.82, 2.24) is 10.2 Å². The zero-order valence-electron chi connectivity index (χ0n) is 9.01. The van der Waals surface area contributed by atoms with E-state index in [1.807, 2.05) is 4.90 Å². The first-order valence-electron chi connectivity index (χ1n) is 5.72. The lowest BCUT2D eigenvalue weighted by Crippen LogP contribution is -2.39. The fourth-order valence-corrected chi connectivity index (χ4v) is 2.69. The highest BCUT2D eigenvalue weighted by Gasteiger charge is 2.32. The molecule has 0 spiro atoms. The molecule has 3 nitrogen and oxygen atoms in total. The molecule has 80 valence electrons. The minimum Gasteiger partial charge on any atom is -0.336 e. The van der Waals surface area contributed by atoms with Gasteiger partial charge < -0.3 is 10.2 Å². The molecule has 2 rings (SSSR count). The lowest BCUT2D eigenvalue weighted by atomic mass is 9.75. The van der Waals surface area contributed by atoms with Crippen LogP contribution in [0.4, 0.5) is 4.79 Å². The zero-order valence-corrected chi connectivity index (χ0v) is 9.01. The van der Waals surface area contributed by atoms with Crippen LogP contribution in [0.5, 0.6) is 0 Å². The quantitative estimate of drug-likeness (QED) is 0.719.